The number of carboxylic acids is 2. The molecular formula is C29H34N2O14S2. The van der Waals surface area contributed by atoms with Crippen LogP contribution in [0.15, 0.2) is 58.3 Å². The molecule has 16 nitrogen and oxygen atoms in total. The summed E-state index contributed by atoms with van der Waals surface area (Å²) in [7, 11) is 0. The highest BCUT2D eigenvalue weighted by Crippen LogP contribution is 2.35. The Bertz CT molecular complexity index is 1310. The van der Waals surface area contributed by atoms with Crippen molar-refractivity contribution in [2.24, 2.45) is 0 Å². The largest absolute Gasteiger partial charge is 0.479 e. The first kappa shape index (κ1) is 36.5. The number of ether oxygens (including phenoxy) is 2. The lowest BCUT2D eigenvalue weighted by Gasteiger charge is -2.38. The van der Waals surface area contributed by atoms with Crippen molar-refractivity contribution in [2.45, 2.75) is 88.8 Å². The zero-order valence-electron chi connectivity index (χ0n) is 24.4. The van der Waals surface area contributed by atoms with Gasteiger partial charge in [0.25, 0.3) is 0 Å². The smallest absolute Gasteiger partial charge is 0.335 e. The van der Waals surface area contributed by atoms with E-state index in [2.05, 4.69) is 10.6 Å². The van der Waals surface area contributed by atoms with Crippen LogP contribution >= 0.6 is 23.5 Å². The van der Waals surface area contributed by atoms with Crippen molar-refractivity contribution in [3.8, 4) is 0 Å². The van der Waals surface area contributed by atoms with E-state index in [0.717, 1.165) is 23.5 Å². The maximum Gasteiger partial charge on any atom is 0.335 e. The van der Waals surface area contributed by atoms with E-state index in [1.54, 1.807) is 48.5 Å². The molecule has 2 aromatic rings. The van der Waals surface area contributed by atoms with E-state index in [-0.39, 0.29) is 31.1 Å². The van der Waals surface area contributed by atoms with Crippen molar-refractivity contribution < 1.29 is 69.5 Å². The number of nitrogens with one attached hydrogen (secondary N) is 2. The second-order valence-electron chi connectivity index (χ2n) is 10.7. The van der Waals surface area contributed by atoms with E-state index < -0.39 is 71.6 Å². The molecule has 0 bridgehead atoms. The van der Waals surface area contributed by atoms with Gasteiger partial charge in [-0.2, -0.15) is 0 Å². The average Bonchev–Trinajstić information content (AvgIpc) is 3.03. The number of benzene rings is 2. The number of anilines is 2. The summed E-state index contributed by atoms with van der Waals surface area (Å²) < 4.78 is 10.5. The van der Waals surface area contributed by atoms with Crippen molar-refractivity contribution in [1.82, 2.24) is 0 Å². The Morgan fingerprint density at radius 1 is 0.553 bits per heavy atom. The topological polar surface area (TPSA) is 273 Å². The molecule has 256 valence electrons. The number of aliphatic carboxylic acids is 2. The molecule has 2 aliphatic heterocycles. The molecule has 10 N–H and O–H groups in total. The summed E-state index contributed by atoms with van der Waals surface area (Å²) in [6.07, 6.45) is -13.2. The number of carbonyl (C=O) groups is 4. The van der Waals surface area contributed by atoms with Crippen molar-refractivity contribution in [1.29, 1.82) is 0 Å². The minimum Gasteiger partial charge on any atom is -0.479 e. The number of carboxylic acid groups (broad SMARTS) is 2. The lowest BCUT2D eigenvalue weighted by Crippen LogP contribution is -2.58. The Labute approximate surface area is 275 Å². The molecule has 2 fully saturated rings. The molecule has 0 saturated carbocycles. The van der Waals surface area contributed by atoms with E-state index in [1.165, 1.54) is 0 Å². The molecule has 0 radical (unpaired) electrons. The average molecular weight is 699 g/mol. The van der Waals surface area contributed by atoms with Gasteiger partial charge in [-0.3, -0.25) is 9.59 Å². The standard InChI is InChI=1S/C29H34N2O14S2/c32-16(30-12-4-8-14(9-5-12)46-28-22(38)18(34)20(36)24(44-28)26(40)41)2-1-3-17(33)31-13-6-10-15(11-7-13)47-29-23(39)19(35)21(37)25(45-29)27(42)43/h4-11,18-25,28-29,34-39H,1-3H2,(H,30,32)(H,31,33)(H,40,41)(H,42,43)/t18-,19-,20-,21-,22+,23+,24-,25-,28-,29-/m0/s1. The summed E-state index contributed by atoms with van der Waals surface area (Å²) in [6, 6.07) is 12.6. The normalized spacial score (nSPS) is 30.7. The molecular weight excluding hydrogens is 664 g/mol. The lowest BCUT2D eigenvalue weighted by atomic mass is 10.0. The molecule has 4 rings (SSSR count). The fourth-order valence-corrected chi connectivity index (χ4v) is 6.73. The van der Waals surface area contributed by atoms with Gasteiger partial charge in [0, 0.05) is 34.0 Å². The quantitative estimate of drug-likeness (QED) is 0.133. The summed E-state index contributed by atoms with van der Waals surface area (Å²) >= 11 is 1.87. The van der Waals surface area contributed by atoms with Gasteiger partial charge in [-0.05, 0) is 55.0 Å². The number of aliphatic hydroxyl groups is 6. The van der Waals surface area contributed by atoms with Crippen LogP contribution in [0, 0.1) is 0 Å². The highest BCUT2D eigenvalue weighted by Gasteiger charge is 2.48. The van der Waals surface area contributed by atoms with Crippen molar-refractivity contribution in [2.75, 3.05) is 10.6 Å². The molecule has 18 heteroatoms. The van der Waals surface area contributed by atoms with Crippen molar-refractivity contribution in [3.05, 3.63) is 48.5 Å². The molecule has 0 aromatic heterocycles. The summed E-state index contributed by atoms with van der Waals surface area (Å²) in [5.41, 5.74) is -1.44. The zero-order valence-corrected chi connectivity index (χ0v) is 26.0. The van der Waals surface area contributed by atoms with Gasteiger partial charge in [0.2, 0.25) is 11.8 Å². The van der Waals surface area contributed by atoms with Crippen LogP contribution < -0.4 is 10.6 Å². The molecule has 2 aliphatic rings. The number of carbonyl (C=O) groups excluding carboxylic acids is 2. The number of aliphatic hydroxyl groups excluding tert-OH is 6. The van der Waals surface area contributed by atoms with E-state index in [9.17, 15) is 60.0 Å². The van der Waals surface area contributed by atoms with Crippen LogP contribution in [0.25, 0.3) is 0 Å². The fraction of sp³-hybridized carbons (Fsp3) is 0.448. The van der Waals surface area contributed by atoms with Crippen LogP contribution in [-0.4, -0.2) is 124 Å². The van der Waals surface area contributed by atoms with Crippen LogP contribution in [0.3, 0.4) is 0 Å². The predicted molar refractivity (Wildman–Crippen MR) is 164 cm³/mol. The number of rotatable bonds is 12. The molecule has 10 atom stereocenters. The van der Waals surface area contributed by atoms with E-state index in [1.807, 2.05) is 0 Å². The highest BCUT2D eigenvalue weighted by molar-refractivity contribution is 8.00. The minimum atomic E-state index is -1.79. The number of thioether (sulfide) groups is 2. The monoisotopic (exact) mass is 698 g/mol. The molecule has 0 unspecified atom stereocenters. The van der Waals surface area contributed by atoms with Gasteiger partial charge in [-0.1, -0.05) is 23.5 Å². The SMILES string of the molecule is O=C(CCCC(=O)Nc1ccc(S[C@@H]2O[C@H](C(=O)O)[C@@H](O)[C@H](O)[C@H]2O)cc1)Nc1ccc(S[C@@H]2O[C@H](C(=O)O)[C@@H](O)[C@H](O)[C@H]2O)cc1. The lowest BCUT2D eigenvalue weighted by molar-refractivity contribution is -0.209. The third-order valence-electron chi connectivity index (χ3n) is 7.21. The Morgan fingerprint density at radius 2 is 0.894 bits per heavy atom. The van der Waals surface area contributed by atoms with Gasteiger partial charge < -0.3 is 61.0 Å². The van der Waals surface area contributed by atoms with Gasteiger partial charge in [0.05, 0.1) is 0 Å². The van der Waals surface area contributed by atoms with Gasteiger partial charge in [0.1, 0.15) is 47.5 Å². The number of hydrogen-bond donors (Lipinski definition) is 10. The van der Waals surface area contributed by atoms with Crippen molar-refractivity contribution >= 4 is 58.7 Å². The second-order valence-corrected chi connectivity index (χ2v) is 13.0. The molecule has 2 saturated heterocycles. The predicted octanol–water partition coefficient (Wildman–Crippen LogP) is -0.597. The van der Waals surface area contributed by atoms with E-state index in [0.29, 0.717) is 21.2 Å². The Kier molecular flexibility index (Phi) is 12.6. The molecule has 0 aliphatic carbocycles. The first-order chi connectivity index (χ1) is 22.2. The number of amides is 2. The fourth-order valence-electron chi connectivity index (χ4n) is 4.66. The molecule has 2 heterocycles. The molecule has 0 spiro atoms. The van der Waals surface area contributed by atoms with Crippen molar-refractivity contribution in [3.63, 3.8) is 0 Å². The third-order valence-corrected chi connectivity index (χ3v) is 9.55. The molecule has 2 aromatic carbocycles. The minimum absolute atomic E-state index is 0.0417. The molecule has 47 heavy (non-hydrogen) atoms. The van der Waals surface area contributed by atoms with E-state index in [4.69, 9.17) is 9.47 Å². The zero-order chi connectivity index (χ0) is 34.4. The first-order valence-corrected chi connectivity index (χ1v) is 16.0. The summed E-state index contributed by atoms with van der Waals surface area (Å²) in [6.45, 7) is 0. The maximum atomic E-state index is 12.4. The maximum absolute atomic E-state index is 12.4. The van der Waals surface area contributed by atoms with Gasteiger partial charge in [-0.15, -0.1) is 0 Å². The summed E-state index contributed by atoms with van der Waals surface area (Å²) in [4.78, 5) is 48.4. The van der Waals surface area contributed by atoms with E-state index >= 15 is 0 Å². The summed E-state index contributed by atoms with van der Waals surface area (Å²) in [5, 5.41) is 83.7. The summed E-state index contributed by atoms with van der Waals surface area (Å²) in [5.74, 6) is -3.65. The second kappa shape index (κ2) is 16.2. The van der Waals surface area contributed by atoms with Crippen LogP contribution in [0.5, 0.6) is 0 Å². The Morgan fingerprint density at radius 3 is 1.21 bits per heavy atom. The van der Waals surface area contributed by atoms with Crippen LogP contribution in [0.4, 0.5) is 11.4 Å². The van der Waals surface area contributed by atoms with Crippen LogP contribution in [0.2, 0.25) is 0 Å². The Hall–Kier alpha value is -3.30. The molecule has 2 amide bonds. The Balaban J connectivity index is 1.18. The number of hydrogen-bond acceptors (Lipinski definition) is 14. The highest BCUT2D eigenvalue weighted by atomic mass is 32.2. The first-order valence-electron chi connectivity index (χ1n) is 14.2. The van der Waals surface area contributed by atoms with Crippen LogP contribution in [-0.2, 0) is 28.7 Å². The van der Waals surface area contributed by atoms with Crippen LogP contribution in [0.1, 0.15) is 19.3 Å². The van der Waals surface area contributed by atoms with Gasteiger partial charge >= 0.3 is 11.9 Å². The van der Waals surface area contributed by atoms with Gasteiger partial charge in [-0.25, -0.2) is 9.59 Å². The van der Waals surface area contributed by atoms with Gasteiger partial charge in [0.15, 0.2) is 12.2 Å². The third kappa shape index (κ3) is 9.41.